The number of ether oxygens (including phenoxy) is 1. The third-order valence-corrected chi connectivity index (χ3v) is 4.33. The van der Waals surface area contributed by atoms with E-state index in [-0.39, 0.29) is 12.1 Å². The molecule has 0 unspecified atom stereocenters. The Kier molecular flexibility index (Phi) is 5.90. The average molecular weight is 341 g/mol. The first-order chi connectivity index (χ1) is 11.7. The van der Waals surface area contributed by atoms with Gasteiger partial charge in [-0.3, -0.25) is 4.90 Å². The standard InChI is InChI=1S/C20H21ClN2O/c21-18-10-8-16(9-11-18)7-4-12-24-20-15-23(14-19(20)22)13-17-5-2-1-3-6-17/h1-3,5-6,8-11,19-20H,12-15,22H2/t19-,20-/m1/s1. The second-order valence-corrected chi connectivity index (χ2v) is 6.44. The van der Waals surface area contributed by atoms with E-state index in [4.69, 9.17) is 22.1 Å². The molecule has 1 aliphatic rings. The monoisotopic (exact) mass is 340 g/mol. The largest absolute Gasteiger partial charge is 0.363 e. The molecule has 0 radical (unpaired) electrons. The van der Waals surface area contributed by atoms with Crippen LogP contribution in [0.3, 0.4) is 0 Å². The first-order valence-corrected chi connectivity index (χ1v) is 8.46. The van der Waals surface area contributed by atoms with Gasteiger partial charge in [0.15, 0.2) is 0 Å². The second kappa shape index (κ2) is 8.32. The molecule has 0 bridgehead atoms. The molecular formula is C20H21ClN2O. The SMILES string of the molecule is N[C@@H]1CN(Cc2ccccc2)C[C@H]1OCC#Cc1ccc(Cl)cc1. The van der Waals surface area contributed by atoms with E-state index < -0.39 is 0 Å². The number of halogens is 1. The summed E-state index contributed by atoms with van der Waals surface area (Å²) < 4.78 is 5.86. The van der Waals surface area contributed by atoms with E-state index in [1.54, 1.807) is 0 Å². The van der Waals surface area contributed by atoms with Crippen LogP contribution >= 0.6 is 11.6 Å². The van der Waals surface area contributed by atoms with Crippen molar-refractivity contribution < 1.29 is 4.74 Å². The van der Waals surface area contributed by atoms with E-state index in [2.05, 4.69) is 41.0 Å². The summed E-state index contributed by atoms with van der Waals surface area (Å²) in [6.45, 7) is 2.99. The van der Waals surface area contributed by atoms with E-state index in [0.717, 1.165) is 25.2 Å². The minimum atomic E-state index is 0.0334. The molecule has 0 aliphatic carbocycles. The van der Waals surface area contributed by atoms with E-state index in [1.165, 1.54) is 5.56 Å². The highest BCUT2D eigenvalue weighted by molar-refractivity contribution is 6.30. The summed E-state index contributed by atoms with van der Waals surface area (Å²) in [4.78, 5) is 2.33. The fraction of sp³-hybridized carbons (Fsp3) is 0.300. The Morgan fingerprint density at radius 2 is 1.83 bits per heavy atom. The Labute approximate surface area is 148 Å². The lowest BCUT2D eigenvalue weighted by molar-refractivity contribution is 0.0742. The minimum absolute atomic E-state index is 0.0334. The highest BCUT2D eigenvalue weighted by Gasteiger charge is 2.30. The van der Waals surface area contributed by atoms with Crippen molar-refractivity contribution in [3.63, 3.8) is 0 Å². The Hall–Kier alpha value is -1.83. The number of hydrogen-bond donors (Lipinski definition) is 1. The number of benzene rings is 2. The lowest BCUT2D eigenvalue weighted by atomic mass is 10.2. The number of likely N-dealkylation sites (tertiary alicyclic amines) is 1. The van der Waals surface area contributed by atoms with Crippen molar-refractivity contribution in [2.45, 2.75) is 18.7 Å². The van der Waals surface area contributed by atoms with Gasteiger partial charge in [-0.1, -0.05) is 53.8 Å². The number of nitrogens with two attached hydrogens (primary N) is 1. The van der Waals surface area contributed by atoms with Crippen LogP contribution in [0.15, 0.2) is 54.6 Å². The van der Waals surface area contributed by atoms with Crippen LogP contribution in [0.2, 0.25) is 5.02 Å². The predicted molar refractivity (Wildman–Crippen MR) is 97.8 cm³/mol. The van der Waals surface area contributed by atoms with Crippen molar-refractivity contribution in [1.29, 1.82) is 0 Å². The van der Waals surface area contributed by atoms with Gasteiger partial charge in [0.25, 0.3) is 0 Å². The molecule has 2 atom stereocenters. The van der Waals surface area contributed by atoms with E-state index in [0.29, 0.717) is 11.6 Å². The topological polar surface area (TPSA) is 38.5 Å². The molecule has 0 aromatic heterocycles. The summed E-state index contributed by atoms with van der Waals surface area (Å²) in [5.74, 6) is 6.12. The van der Waals surface area contributed by atoms with Crippen LogP contribution < -0.4 is 5.73 Å². The fourth-order valence-electron chi connectivity index (χ4n) is 2.85. The molecule has 2 aromatic rings. The maximum Gasteiger partial charge on any atom is 0.108 e. The lowest BCUT2D eigenvalue weighted by Gasteiger charge is -2.15. The van der Waals surface area contributed by atoms with Crippen molar-refractivity contribution in [2.24, 2.45) is 5.73 Å². The zero-order valence-electron chi connectivity index (χ0n) is 13.5. The summed E-state index contributed by atoms with van der Waals surface area (Å²) >= 11 is 5.86. The first kappa shape index (κ1) is 17.0. The smallest absolute Gasteiger partial charge is 0.108 e. The summed E-state index contributed by atoms with van der Waals surface area (Å²) in [6.07, 6.45) is 0.0354. The van der Waals surface area contributed by atoms with Gasteiger partial charge in [0.05, 0.1) is 6.10 Å². The molecule has 1 fully saturated rings. The van der Waals surface area contributed by atoms with E-state index in [1.807, 2.05) is 30.3 Å². The van der Waals surface area contributed by atoms with Crippen LogP contribution in [0.4, 0.5) is 0 Å². The number of nitrogens with zero attached hydrogens (tertiary/aromatic N) is 1. The van der Waals surface area contributed by atoms with Crippen LogP contribution in [0.1, 0.15) is 11.1 Å². The highest BCUT2D eigenvalue weighted by atomic mass is 35.5. The molecule has 124 valence electrons. The second-order valence-electron chi connectivity index (χ2n) is 6.00. The molecule has 3 rings (SSSR count). The van der Waals surface area contributed by atoms with Crippen molar-refractivity contribution in [3.8, 4) is 11.8 Å². The first-order valence-electron chi connectivity index (χ1n) is 8.08. The molecule has 2 aromatic carbocycles. The van der Waals surface area contributed by atoms with Gasteiger partial charge >= 0.3 is 0 Å². The highest BCUT2D eigenvalue weighted by Crippen LogP contribution is 2.15. The van der Waals surface area contributed by atoms with Crippen LogP contribution in [-0.2, 0) is 11.3 Å². The Morgan fingerprint density at radius 3 is 2.58 bits per heavy atom. The molecular weight excluding hydrogens is 320 g/mol. The van der Waals surface area contributed by atoms with Gasteiger partial charge < -0.3 is 10.5 Å². The fourth-order valence-corrected chi connectivity index (χ4v) is 2.97. The van der Waals surface area contributed by atoms with Gasteiger partial charge in [-0.05, 0) is 29.8 Å². The van der Waals surface area contributed by atoms with Gasteiger partial charge in [-0.25, -0.2) is 0 Å². The molecule has 1 aliphatic heterocycles. The summed E-state index contributed by atoms with van der Waals surface area (Å²) in [5, 5.41) is 0.715. The maximum atomic E-state index is 6.20. The van der Waals surface area contributed by atoms with Crippen molar-refractivity contribution in [2.75, 3.05) is 19.7 Å². The molecule has 2 N–H and O–H groups in total. The van der Waals surface area contributed by atoms with Gasteiger partial charge in [-0.2, -0.15) is 0 Å². The summed E-state index contributed by atoms with van der Waals surface area (Å²) in [6, 6.07) is 17.9. The van der Waals surface area contributed by atoms with Crippen LogP contribution in [0, 0.1) is 11.8 Å². The predicted octanol–water partition coefficient (Wildman–Crippen LogP) is 2.92. The van der Waals surface area contributed by atoms with Crippen molar-refractivity contribution in [3.05, 3.63) is 70.7 Å². The van der Waals surface area contributed by atoms with Crippen LogP contribution in [-0.4, -0.2) is 36.7 Å². The van der Waals surface area contributed by atoms with Crippen molar-refractivity contribution >= 4 is 11.6 Å². The quantitative estimate of drug-likeness (QED) is 0.870. The Balaban J connectivity index is 1.47. The number of rotatable bonds is 4. The van der Waals surface area contributed by atoms with Gasteiger partial charge in [0.1, 0.15) is 6.61 Å². The van der Waals surface area contributed by atoms with Crippen LogP contribution in [0.25, 0.3) is 0 Å². The molecule has 1 saturated heterocycles. The van der Waals surface area contributed by atoms with Crippen LogP contribution in [0.5, 0.6) is 0 Å². The summed E-state index contributed by atoms with van der Waals surface area (Å²) in [5.41, 5.74) is 8.44. The molecule has 0 saturated carbocycles. The Bertz CT molecular complexity index is 706. The molecule has 1 heterocycles. The zero-order chi connectivity index (χ0) is 16.8. The summed E-state index contributed by atoms with van der Waals surface area (Å²) in [7, 11) is 0. The lowest BCUT2D eigenvalue weighted by Crippen LogP contribution is -2.35. The Morgan fingerprint density at radius 1 is 1.08 bits per heavy atom. The maximum absolute atomic E-state index is 6.20. The van der Waals surface area contributed by atoms with Gasteiger partial charge in [0, 0.05) is 36.3 Å². The van der Waals surface area contributed by atoms with Gasteiger partial charge in [-0.15, -0.1) is 0 Å². The zero-order valence-corrected chi connectivity index (χ0v) is 14.2. The van der Waals surface area contributed by atoms with E-state index in [9.17, 15) is 0 Å². The number of hydrogen-bond acceptors (Lipinski definition) is 3. The van der Waals surface area contributed by atoms with Gasteiger partial charge in [0.2, 0.25) is 0 Å². The molecule has 4 heteroatoms. The third kappa shape index (κ3) is 4.83. The third-order valence-electron chi connectivity index (χ3n) is 4.08. The molecule has 24 heavy (non-hydrogen) atoms. The molecule has 3 nitrogen and oxygen atoms in total. The van der Waals surface area contributed by atoms with E-state index >= 15 is 0 Å². The average Bonchev–Trinajstić information content (AvgIpc) is 2.93. The minimum Gasteiger partial charge on any atom is -0.363 e. The normalized spacial score (nSPS) is 20.6. The van der Waals surface area contributed by atoms with Crippen molar-refractivity contribution in [1.82, 2.24) is 4.90 Å². The molecule has 0 spiro atoms. The molecule has 0 amide bonds.